The molecular formula is C22H19ClN4O4S. The van der Waals surface area contributed by atoms with Crippen LogP contribution in [0.25, 0.3) is 11.3 Å². The Labute approximate surface area is 192 Å². The third kappa shape index (κ3) is 4.39. The number of aromatic hydroxyl groups is 1. The van der Waals surface area contributed by atoms with Gasteiger partial charge in [0.15, 0.2) is 16.6 Å². The van der Waals surface area contributed by atoms with Gasteiger partial charge in [0.2, 0.25) is 0 Å². The Morgan fingerprint density at radius 2 is 2.00 bits per heavy atom. The van der Waals surface area contributed by atoms with Crippen molar-refractivity contribution in [2.75, 3.05) is 12.4 Å². The first-order valence-electron chi connectivity index (χ1n) is 9.53. The van der Waals surface area contributed by atoms with Crippen molar-refractivity contribution in [2.45, 2.75) is 13.0 Å². The predicted octanol–water partition coefficient (Wildman–Crippen LogP) is 4.44. The first kappa shape index (κ1) is 21.7. The van der Waals surface area contributed by atoms with Crippen LogP contribution in [0.5, 0.6) is 11.5 Å². The number of urea groups is 1. The Kier molecular flexibility index (Phi) is 6.02. The lowest BCUT2D eigenvalue weighted by molar-refractivity contribution is -0.113. The number of carbonyl (C=O) groups excluding carboxylic acids is 2. The highest BCUT2D eigenvalue weighted by molar-refractivity contribution is 7.14. The minimum Gasteiger partial charge on any atom is -0.504 e. The molecule has 0 aliphatic carbocycles. The molecular weight excluding hydrogens is 452 g/mol. The molecule has 1 aromatic heterocycles. The van der Waals surface area contributed by atoms with Crippen LogP contribution in [-0.2, 0) is 4.79 Å². The number of ether oxygens (including phenoxy) is 1. The second kappa shape index (κ2) is 8.89. The molecule has 3 amide bonds. The summed E-state index contributed by atoms with van der Waals surface area (Å²) in [7, 11) is 1.43. The number of nitrogens with zero attached hydrogens (tertiary/aromatic N) is 1. The summed E-state index contributed by atoms with van der Waals surface area (Å²) < 4.78 is 5.16. The summed E-state index contributed by atoms with van der Waals surface area (Å²) in [6.07, 6.45) is 0. The zero-order valence-corrected chi connectivity index (χ0v) is 18.7. The van der Waals surface area contributed by atoms with E-state index in [0.717, 1.165) is 5.56 Å². The van der Waals surface area contributed by atoms with E-state index in [1.807, 2.05) is 17.5 Å². The van der Waals surface area contributed by atoms with Gasteiger partial charge in [0, 0.05) is 21.7 Å². The average Bonchev–Trinajstić information content (AvgIpc) is 3.22. The number of phenols is 1. The van der Waals surface area contributed by atoms with Crippen LogP contribution in [0.4, 0.5) is 9.93 Å². The highest BCUT2D eigenvalue weighted by atomic mass is 35.5. The third-order valence-corrected chi connectivity index (χ3v) is 5.93. The fourth-order valence-corrected chi connectivity index (χ4v) is 4.21. The number of thiazole rings is 1. The smallest absolute Gasteiger partial charge is 0.319 e. The molecule has 0 radical (unpaired) electrons. The Bertz CT molecular complexity index is 1220. The van der Waals surface area contributed by atoms with Gasteiger partial charge in [-0.3, -0.25) is 10.1 Å². The Morgan fingerprint density at radius 3 is 2.72 bits per heavy atom. The third-order valence-electron chi connectivity index (χ3n) is 4.92. The van der Waals surface area contributed by atoms with Crippen molar-refractivity contribution >= 4 is 40.0 Å². The van der Waals surface area contributed by atoms with Crippen molar-refractivity contribution in [1.82, 2.24) is 15.6 Å². The SMILES string of the molecule is COc1cc([C@@H]2NC(=O)NC(C)=C2C(=O)Nc2nc(-c3ccc(Cl)cc3)cs2)ccc1O. The van der Waals surface area contributed by atoms with Gasteiger partial charge in [-0.2, -0.15) is 0 Å². The standard InChI is InChI=1S/C22H19ClN4O4S/c1-11-18(19(26-21(30)24-11)13-5-8-16(28)17(9-13)31-2)20(29)27-22-25-15(10-32-22)12-3-6-14(23)7-4-12/h3-10,19,28H,1-2H3,(H2,24,26,30)(H,25,27,29)/t19-/m0/s1. The van der Waals surface area contributed by atoms with Crippen molar-refractivity contribution in [3.63, 3.8) is 0 Å². The van der Waals surface area contributed by atoms with Crippen LogP contribution in [0.2, 0.25) is 5.02 Å². The number of rotatable bonds is 5. The van der Waals surface area contributed by atoms with Gasteiger partial charge in [0.05, 0.1) is 24.4 Å². The lowest BCUT2D eigenvalue weighted by Crippen LogP contribution is -2.45. The Balaban J connectivity index is 1.61. The maximum atomic E-state index is 13.2. The van der Waals surface area contributed by atoms with Crippen LogP contribution in [0.15, 0.2) is 59.1 Å². The molecule has 4 N–H and O–H groups in total. The van der Waals surface area contributed by atoms with E-state index < -0.39 is 18.0 Å². The van der Waals surface area contributed by atoms with Gasteiger partial charge in [-0.05, 0) is 36.8 Å². The summed E-state index contributed by atoms with van der Waals surface area (Å²) in [5.41, 5.74) is 2.91. The average molecular weight is 471 g/mol. The normalized spacial score (nSPS) is 15.7. The van der Waals surface area contributed by atoms with Gasteiger partial charge in [-0.1, -0.05) is 29.8 Å². The minimum absolute atomic E-state index is 0.0410. The fourth-order valence-electron chi connectivity index (χ4n) is 3.37. The van der Waals surface area contributed by atoms with Crippen molar-refractivity contribution in [3.8, 4) is 22.8 Å². The van der Waals surface area contributed by atoms with Crippen LogP contribution >= 0.6 is 22.9 Å². The van der Waals surface area contributed by atoms with E-state index in [1.165, 1.54) is 24.5 Å². The molecule has 0 saturated carbocycles. The topological polar surface area (TPSA) is 113 Å². The van der Waals surface area contributed by atoms with Crippen molar-refractivity contribution in [1.29, 1.82) is 0 Å². The second-order valence-electron chi connectivity index (χ2n) is 7.00. The van der Waals surface area contributed by atoms with Crippen molar-refractivity contribution in [2.24, 2.45) is 0 Å². The highest BCUT2D eigenvalue weighted by Crippen LogP contribution is 2.34. The monoisotopic (exact) mass is 470 g/mol. The first-order chi connectivity index (χ1) is 15.4. The predicted molar refractivity (Wildman–Crippen MR) is 123 cm³/mol. The lowest BCUT2D eigenvalue weighted by atomic mass is 9.94. The number of methoxy groups -OCH3 is 1. The molecule has 2 aromatic carbocycles. The number of aromatic nitrogens is 1. The van der Waals surface area contributed by atoms with E-state index >= 15 is 0 Å². The second-order valence-corrected chi connectivity index (χ2v) is 8.29. The zero-order chi connectivity index (χ0) is 22.8. The number of amides is 3. The molecule has 0 saturated heterocycles. The molecule has 4 rings (SSSR count). The molecule has 164 valence electrons. The summed E-state index contributed by atoms with van der Waals surface area (Å²) in [6.45, 7) is 1.65. The summed E-state index contributed by atoms with van der Waals surface area (Å²) in [5.74, 6) is -0.218. The summed E-state index contributed by atoms with van der Waals surface area (Å²) >= 11 is 7.23. The largest absolute Gasteiger partial charge is 0.504 e. The molecule has 1 atom stereocenters. The molecule has 8 nitrogen and oxygen atoms in total. The molecule has 1 aliphatic rings. The van der Waals surface area contributed by atoms with E-state index in [-0.39, 0.29) is 11.5 Å². The molecule has 10 heteroatoms. The molecule has 2 heterocycles. The van der Waals surface area contributed by atoms with Crippen LogP contribution in [0.3, 0.4) is 0 Å². The Morgan fingerprint density at radius 1 is 1.25 bits per heavy atom. The van der Waals surface area contributed by atoms with Crippen LogP contribution < -0.4 is 20.7 Å². The van der Waals surface area contributed by atoms with Gasteiger partial charge in [-0.25, -0.2) is 9.78 Å². The van der Waals surface area contributed by atoms with E-state index in [0.29, 0.717) is 32.7 Å². The van der Waals surface area contributed by atoms with Crippen molar-refractivity contribution in [3.05, 3.63) is 69.7 Å². The number of carbonyl (C=O) groups is 2. The highest BCUT2D eigenvalue weighted by Gasteiger charge is 2.32. The van der Waals surface area contributed by atoms with Crippen LogP contribution in [0.1, 0.15) is 18.5 Å². The molecule has 0 bridgehead atoms. The molecule has 0 spiro atoms. The van der Waals surface area contributed by atoms with Crippen LogP contribution in [0, 0.1) is 0 Å². The zero-order valence-electron chi connectivity index (χ0n) is 17.1. The molecule has 32 heavy (non-hydrogen) atoms. The molecule has 1 aliphatic heterocycles. The maximum absolute atomic E-state index is 13.2. The molecule has 0 fully saturated rings. The lowest BCUT2D eigenvalue weighted by Gasteiger charge is -2.28. The number of halogens is 1. The Hall–Kier alpha value is -3.56. The van der Waals surface area contributed by atoms with Crippen LogP contribution in [-0.4, -0.2) is 29.1 Å². The van der Waals surface area contributed by atoms with Crippen molar-refractivity contribution < 1.29 is 19.4 Å². The molecule has 3 aromatic rings. The van der Waals surface area contributed by atoms with Gasteiger partial charge < -0.3 is 20.5 Å². The number of hydrogen-bond donors (Lipinski definition) is 4. The van der Waals surface area contributed by atoms with Gasteiger partial charge >= 0.3 is 6.03 Å². The van der Waals surface area contributed by atoms with E-state index in [2.05, 4.69) is 20.9 Å². The van der Waals surface area contributed by atoms with E-state index in [4.69, 9.17) is 16.3 Å². The first-order valence-corrected chi connectivity index (χ1v) is 10.8. The maximum Gasteiger partial charge on any atom is 0.319 e. The van der Waals surface area contributed by atoms with Gasteiger partial charge in [0.25, 0.3) is 5.91 Å². The number of hydrogen-bond acceptors (Lipinski definition) is 6. The van der Waals surface area contributed by atoms with Gasteiger partial charge in [0.1, 0.15) is 0 Å². The fraction of sp³-hybridized carbons (Fsp3) is 0.136. The number of anilines is 1. The number of nitrogens with one attached hydrogen (secondary N) is 3. The van der Waals surface area contributed by atoms with E-state index in [9.17, 15) is 14.7 Å². The van der Waals surface area contributed by atoms with E-state index in [1.54, 1.807) is 31.2 Å². The van der Waals surface area contributed by atoms with Gasteiger partial charge in [-0.15, -0.1) is 11.3 Å². The summed E-state index contributed by atoms with van der Waals surface area (Å²) in [4.78, 5) is 29.8. The number of benzene rings is 2. The minimum atomic E-state index is -0.742. The number of phenolic OH excluding ortho intramolecular Hbond substituents is 1. The molecule has 0 unspecified atom stereocenters. The summed E-state index contributed by atoms with van der Waals surface area (Å²) in [6, 6.07) is 10.7. The number of allylic oxidation sites excluding steroid dienone is 1. The quantitative estimate of drug-likeness (QED) is 0.440. The summed E-state index contributed by atoms with van der Waals surface area (Å²) in [5, 5.41) is 21.0.